The van der Waals surface area contributed by atoms with Crippen LogP contribution in [0.25, 0.3) is 0 Å². The van der Waals surface area contributed by atoms with E-state index >= 15 is 0 Å². The predicted molar refractivity (Wildman–Crippen MR) is 79.3 cm³/mol. The molecule has 0 aliphatic carbocycles. The van der Waals surface area contributed by atoms with Gasteiger partial charge in [0.05, 0.1) is 31.6 Å². The number of morpholine rings is 1. The molecule has 20 heavy (non-hydrogen) atoms. The molecule has 0 saturated carbocycles. The molecule has 0 bridgehead atoms. The molecule has 1 atom stereocenters. The molecule has 0 radical (unpaired) electrons. The Labute approximate surface area is 119 Å². The fourth-order valence-electron chi connectivity index (χ4n) is 2.44. The van der Waals surface area contributed by atoms with Crippen LogP contribution in [0.3, 0.4) is 0 Å². The predicted octanol–water partition coefficient (Wildman–Crippen LogP) is 0.468. The molecule has 6 nitrogen and oxygen atoms in total. The molecule has 1 aromatic heterocycles. The Kier molecular flexibility index (Phi) is 5.55. The van der Waals surface area contributed by atoms with Crippen molar-refractivity contribution in [2.45, 2.75) is 32.4 Å². The SMILES string of the molecule is CCCC(Cn1ncc(N2CCOCC2)cc1=O)NC. The molecular formula is C14H24N4O2. The van der Waals surface area contributed by atoms with E-state index in [2.05, 4.69) is 22.2 Å². The van der Waals surface area contributed by atoms with Gasteiger partial charge in [0.1, 0.15) is 0 Å². The van der Waals surface area contributed by atoms with Crippen LogP contribution in [-0.2, 0) is 11.3 Å². The van der Waals surface area contributed by atoms with Gasteiger partial charge >= 0.3 is 0 Å². The molecule has 1 fully saturated rings. The van der Waals surface area contributed by atoms with Crippen LogP contribution < -0.4 is 15.8 Å². The highest BCUT2D eigenvalue weighted by Crippen LogP contribution is 2.11. The molecule has 1 aliphatic heterocycles. The Hall–Kier alpha value is -1.40. The molecule has 0 aromatic carbocycles. The summed E-state index contributed by atoms with van der Waals surface area (Å²) in [5.41, 5.74) is 0.858. The van der Waals surface area contributed by atoms with Gasteiger partial charge in [-0.3, -0.25) is 4.79 Å². The standard InChI is InChI=1S/C14H24N4O2/c1-3-4-12(15-2)11-18-14(19)9-13(10-16-18)17-5-7-20-8-6-17/h9-10,12,15H,3-8,11H2,1-2H3. The maximum absolute atomic E-state index is 12.2. The summed E-state index contributed by atoms with van der Waals surface area (Å²) in [6.07, 6.45) is 3.91. The van der Waals surface area contributed by atoms with Gasteiger partial charge in [0.25, 0.3) is 5.56 Å². The van der Waals surface area contributed by atoms with E-state index in [4.69, 9.17) is 4.74 Å². The van der Waals surface area contributed by atoms with Gasteiger partial charge in [-0.15, -0.1) is 0 Å². The van der Waals surface area contributed by atoms with E-state index in [1.807, 2.05) is 7.05 Å². The summed E-state index contributed by atoms with van der Waals surface area (Å²) in [5, 5.41) is 7.54. The zero-order chi connectivity index (χ0) is 14.4. The van der Waals surface area contributed by atoms with Crippen molar-refractivity contribution in [2.24, 2.45) is 0 Å². The fourth-order valence-corrected chi connectivity index (χ4v) is 2.44. The van der Waals surface area contributed by atoms with Gasteiger partial charge in [-0.25, -0.2) is 4.68 Å². The maximum Gasteiger partial charge on any atom is 0.268 e. The van der Waals surface area contributed by atoms with Crippen molar-refractivity contribution < 1.29 is 4.74 Å². The Morgan fingerprint density at radius 1 is 1.45 bits per heavy atom. The highest BCUT2D eigenvalue weighted by atomic mass is 16.5. The Bertz CT molecular complexity index is 468. The molecule has 1 N–H and O–H groups in total. The molecule has 112 valence electrons. The third kappa shape index (κ3) is 3.80. The number of nitrogens with zero attached hydrogens (tertiary/aromatic N) is 3. The first-order valence-electron chi connectivity index (χ1n) is 7.31. The summed E-state index contributed by atoms with van der Waals surface area (Å²) in [7, 11) is 1.92. The van der Waals surface area contributed by atoms with Crippen molar-refractivity contribution in [3.8, 4) is 0 Å². The number of ether oxygens (including phenoxy) is 1. The van der Waals surface area contributed by atoms with Gasteiger partial charge in [-0.2, -0.15) is 5.10 Å². The lowest BCUT2D eigenvalue weighted by molar-refractivity contribution is 0.122. The number of hydrogen-bond acceptors (Lipinski definition) is 5. The Balaban J connectivity index is 2.07. The van der Waals surface area contributed by atoms with Crippen LogP contribution >= 0.6 is 0 Å². The van der Waals surface area contributed by atoms with Crippen molar-refractivity contribution in [3.05, 3.63) is 22.6 Å². The molecule has 2 rings (SSSR count). The quantitative estimate of drug-likeness (QED) is 0.821. The second kappa shape index (κ2) is 7.40. The van der Waals surface area contributed by atoms with Gasteiger partial charge in [-0.1, -0.05) is 13.3 Å². The molecule has 1 aromatic rings. The summed E-state index contributed by atoms with van der Waals surface area (Å²) < 4.78 is 6.86. The maximum atomic E-state index is 12.2. The minimum absolute atomic E-state index is 0.0367. The summed E-state index contributed by atoms with van der Waals surface area (Å²) in [6.45, 7) is 5.82. The summed E-state index contributed by atoms with van der Waals surface area (Å²) in [4.78, 5) is 14.3. The van der Waals surface area contributed by atoms with Gasteiger partial charge in [0.15, 0.2) is 0 Å². The summed E-state index contributed by atoms with van der Waals surface area (Å²) >= 11 is 0. The lowest BCUT2D eigenvalue weighted by Crippen LogP contribution is -2.39. The van der Waals surface area contributed by atoms with E-state index < -0.39 is 0 Å². The number of anilines is 1. The second-order valence-electron chi connectivity index (χ2n) is 5.11. The molecule has 1 unspecified atom stereocenters. The molecule has 6 heteroatoms. The Morgan fingerprint density at radius 2 is 2.20 bits per heavy atom. The van der Waals surface area contributed by atoms with E-state index in [0.29, 0.717) is 25.8 Å². The smallest absolute Gasteiger partial charge is 0.268 e. The first-order chi connectivity index (χ1) is 9.74. The van der Waals surface area contributed by atoms with Crippen molar-refractivity contribution in [2.75, 3.05) is 38.3 Å². The van der Waals surface area contributed by atoms with E-state index in [-0.39, 0.29) is 5.56 Å². The first-order valence-corrected chi connectivity index (χ1v) is 7.31. The van der Waals surface area contributed by atoms with Crippen LogP contribution in [0.2, 0.25) is 0 Å². The third-order valence-corrected chi connectivity index (χ3v) is 3.67. The highest BCUT2D eigenvalue weighted by Gasteiger charge is 2.13. The van der Waals surface area contributed by atoms with Crippen LogP contribution in [0.5, 0.6) is 0 Å². The van der Waals surface area contributed by atoms with Gasteiger partial charge < -0.3 is 15.0 Å². The third-order valence-electron chi connectivity index (χ3n) is 3.67. The van der Waals surface area contributed by atoms with Crippen LogP contribution in [0.4, 0.5) is 5.69 Å². The average Bonchev–Trinajstić information content (AvgIpc) is 2.49. The van der Waals surface area contributed by atoms with Crippen LogP contribution in [-0.4, -0.2) is 49.2 Å². The van der Waals surface area contributed by atoms with E-state index in [0.717, 1.165) is 31.6 Å². The lowest BCUT2D eigenvalue weighted by Gasteiger charge is -2.28. The number of likely N-dealkylation sites (N-methyl/N-ethyl adjacent to an activating group) is 1. The van der Waals surface area contributed by atoms with Crippen molar-refractivity contribution in [3.63, 3.8) is 0 Å². The molecular weight excluding hydrogens is 256 g/mol. The van der Waals surface area contributed by atoms with Crippen molar-refractivity contribution in [1.29, 1.82) is 0 Å². The Morgan fingerprint density at radius 3 is 2.80 bits per heavy atom. The largest absolute Gasteiger partial charge is 0.378 e. The molecule has 0 amide bonds. The van der Waals surface area contributed by atoms with Crippen LogP contribution in [0, 0.1) is 0 Å². The van der Waals surface area contributed by atoms with Gasteiger partial charge in [0, 0.05) is 25.2 Å². The zero-order valence-corrected chi connectivity index (χ0v) is 12.3. The number of rotatable bonds is 6. The van der Waals surface area contributed by atoms with E-state index in [1.165, 1.54) is 0 Å². The zero-order valence-electron chi connectivity index (χ0n) is 12.3. The van der Waals surface area contributed by atoms with Crippen molar-refractivity contribution >= 4 is 5.69 Å². The van der Waals surface area contributed by atoms with Gasteiger partial charge in [0.2, 0.25) is 0 Å². The average molecular weight is 280 g/mol. The number of hydrogen-bond donors (Lipinski definition) is 1. The molecule has 0 spiro atoms. The molecule has 1 saturated heterocycles. The van der Waals surface area contributed by atoms with Crippen LogP contribution in [0.15, 0.2) is 17.1 Å². The second-order valence-corrected chi connectivity index (χ2v) is 5.11. The summed E-state index contributed by atoms with van der Waals surface area (Å²) in [5.74, 6) is 0. The van der Waals surface area contributed by atoms with Crippen molar-refractivity contribution in [1.82, 2.24) is 15.1 Å². The monoisotopic (exact) mass is 280 g/mol. The summed E-state index contributed by atoms with van der Waals surface area (Å²) in [6, 6.07) is 1.97. The lowest BCUT2D eigenvalue weighted by atomic mass is 10.2. The molecule has 1 aliphatic rings. The topological polar surface area (TPSA) is 59.4 Å². The van der Waals surface area contributed by atoms with Gasteiger partial charge in [-0.05, 0) is 13.5 Å². The highest BCUT2D eigenvalue weighted by molar-refractivity contribution is 5.43. The number of nitrogens with one attached hydrogen (secondary N) is 1. The number of aromatic nitrogens is 2. The van der Waals surface area contributed by atoms with E-state index in [1.54, 1.807) is 16.9 Å². The minimum atomic E-state index is -0.0367. The van der Waals surface area contributed by atoms with E-state index in [9.17, 15) is 4.79 Å². The fraction of sp³-hybridized carbons (Fsp3) is 0.714. The minimum Gasteiger partial charge on any atom is -0.378 e. The normalized spacial score (nSPS) is 17.2. The molecule has 2 heterocycles. The van der Waals surface area contributed by atoms with Crippen LogP contribution in [0.1, 0.15) is 19.8 Å². The first kappa shape index (κ1) is 15.0.